The lowest BCUT2D eigenvalue weighted by atomic mass is 9.95. The highest BCUT2D eigenvalue weighted by atomic mass is 16.4. The molecule has 0 saturated carbocycles. The van der Waals surface area contributed by atoms with Crippen LogP contribution in [0.4, 0.5) is 0 Å². The third-order valence-corrected chi connectivity index (χ3v) is 7.69. The summed E-state index contributed by atoms with van der Waals surface area (Å²) in [4.78, 5) is 75.9. The number of amides is 5. The number of carboxylic acids is 1. The zero-order chi connectivity index (χ0) is 37.5. The van der Waals surface area contributed by atoms with Gasteiger partial charge in [-0.2, -0.15) is 0 Å². The van der Waals surface area contributed by atoms with E-state index in [2.05, 4.69) is 26.6 Å². The van der Waals surface area contributed by atoms with E-state index in [1.54, 1.807) is 27.7 Å². The smallest absolute Gasteiger partial charge is 0.306 e. The summed E-state index contributed by atoms with van der Waals surface area (Å²) < 4.78 is 0. The maximum absolute atomic E-state index is 13.5. The van der Waals surface area contributed by atoms with E-state index in [-0.39, 0.29) is 41.9 Å². The van der Waals surface area contributed by atoms with Gasteiger partial charge in [-0.3, -0.25) is 28.8 Å². The van der Waals surface area contributed by atoms with Gasteiger partial charge in [0.25, 0.3) is 0 Å². The van der Waals surface area contributed by atoms with Gasteiger partial charge in [0.05, 0.1) is 37.1 Å². The van der Waals surface area contributed by atoms with Crippen molar-refractivity contribution in [2.24, 2.45) is 29.6 Å². The summed E-state index contributed by atoms with van der Waals surface area (Å²) in [5.41, 5.74) is 0. The highest BCUT2D eigenvalue weighted by Gasteiger charge is 2.34. The summed E-state index contributed by atoms with van der Waals surface area (Å²) >= 11 is 0. The molecule has 0 aliphatic rings. The Balaban J connectivity index is 5.60. The highest BCUT2D eigenvalue weighted by molar-refractivity contribution is 5.92. The molecule has 0 aromatic heterocycles. The first kappa shape index (κ1) is 44.7. The molecule has 0 heterocycles. The van der Waals surface area contributed by atoms with Gasteiger partial charge in [0.1, 0.15) is 18.1 Å². The third kappa shape index (κ3) is 17.8. The van der Waals surface area contributed by atoms with E-state index in [0.717, 1.165) is 0 Å². The van der Waals surface area contributed by atoms with Crippen LogP contribution in [0.25, 0.3) is 0 Å². The minimum atomic E-state index is -1.33. The lowest BCUT2D eigenvalue weighted by Gasteiger charge is -2.31. The predicted octanol–water partition coefficient (Wildman–Crippen LogP) is 1.47. The molecule has 0 aromatic rings. The largest absolute Gasteiger partial charge is 0.481 e. The van der Waals surface area contributed by atoms with Crippen LogP contribution in [-0.4, -0.2) is 93.2 Å². The van der Waals surface area contributed by atoms with Crippen molar-refractivity contribution in [2.45, 2.75) is 151 Å². The first-order valence-electron chi connectivity index (χ1n) is 17.1. The molecular weight excluding hydrogens is 622 g/mol. The minimum Gasteiger partial charge on any atom is -0.481 e. The average molecular weight is 686 g/mol. The molecule has 7 atom stereocenters. The zero-order valence-electron chi connectivity index (χ0n) is 30.8. The Labute approximate surface area is 286 Å². The number of rotatable bonds is 22. The molecule has 0 unspecified atom stereocenters. The molecule has 278 valence electrons. The van der Waals surface area contributed by atoms with Crippen molar-refractivity contribution < 1.29 is 44.1 Å². The van der Waals surface area contributed by atoms with Gasteiger partial charge in [0, 0.05) is 6.42 Å². The maximum Gasteiger partial charge on any atom is 0.306 e. The van der Waals surface area contributed by atoms with E-state index in [1.165, 1.54) is 6.92 Å². The molecule has 0 spiro atoms. The number of aliphatic hydroxyl groups excluding tert-OH is 2. The molecule has 8 N–H and O–H groups in total. The van der Waals surface area contributed by atoms with Crippen molar-refractivity contribution >= 4 is 35.5 Å². The molecule has 0 fully saturated rings. The van der Waals surface area contributed by atoms with Crippen LogP contribution in [0.15, 0.2) is 0 Å². The van der Waals surface area contributed by atoms with E-state index in [4.69, 9.17) is 5.11 Å². The summed E-state index contributed by atoms with van der Waals surface area (Å²) in [5.74, 6) is -4.25. The number of aliphatic hydroxyl groups is 2. The molecule has 0 aliphatic heterocycles. The van der Waals surface area contributed by atoms with Crippen molar-refractivity contribution in [2.75, 3.05) is 0 Å². The average Bonchev–Trinajstić information content (AvgIpc) is 2.91. The monoisotopic (exact) mass is 685 g/mol. The Morgan fingerprint density at radius 1 is 0.479 bits per heavy atom. The van der Waals surface area contributed by atoms with Gasteiger partial charge in [-0.1, -0.05) is 69.2 Å². The fourth-order valence-corrected chi connectivity index (χ4v) is 5.16. The number of hydrogen-bond acceptors (Lipinski definition) is 8. The number of nitrogens with one attached hydrogen (secondary N) is 5. The Bertz CT molecular complexity index is 1060. The number of carbonyl (C=O) groups excluding carboxylic acids is 5. The highest BCUT2D eigenvalue weighted by Crippen LogP contribution is 2.15. The Morgan fingerprint density at radius 2 is 0.875 bits per heavy atom. The van der Waals surface area contributed by atoms with Crippen molar-refractivity contribution in [3.8, 4) is 0 Å². The van der Waals surface area contributed by atoms with Crippen molar-refractivity contribution in [3.63, 3.8) is 0 Å². The number of aliphatic carboxylic acids is 1. The summed E-state index contributed by atoms with van der Waals surface area (Å²) in [6.45, 7) is 19.8. The van der Waals surface area contributed by atoms with Crippen LogP contribution in [0.5, 0.6) is 0 Å². The van der Waals surface area contributed by atoms with E-state index in [9.17, 15) is 39.0 Å². The fraction of sp³-hybridized carbons (Fsp3) is 0.824. The first-order valence-corrected chi connectivity index (χ1v) is 17.1. The van der Waals surface area contributed by atoms with Gasteiger partial charge in [-0.25, -0.2) is 0 Å². The molecule has 0 saturated heterocycles. The van der Waals surface area contributed by atoms with Crippen LogP contribution in [-0.2, 0) is 28.8 Å². The summed E-state index contributed by atoms with van der Waals surface area (Å²) in [7, 11) is 0. The van der Waals surface area contributed by atoms with Gasteiger partial charge < -0.3 is 41.9 Å². The van der Waals surface area contributed by atoms with Crippen LogP contribution in [0.1, 0.15) is 108 Å². The first-order chi connectivity index (χ1) is 22.0. The number of carbonyl (C=O) groups is 6. The molecule has 0 aliphatic carbocycles. The van der Waals surface area contributed by atoms with Crippen LogP contribution >= 0.6 is 0 Å². The Morgan fingerprint density at radius 3 is 1.29 bits per heavy atom. The van der Waals surface area contributed by atoms with E-state index in [1.807, 2.05) is 41.5 Å². The second kappa shape index (κ2) is 21.7. The molecule has 14 heteroatoms. The molecule has 14 nitrogen and oxygen atoms in total. The third-order valence-electron chi connectivity index (χ3n) is 7.69. The van der Waals surface area contributed by atoms with Gasteiger partial charge in [0.15, 0.2) is 0 Å². The normalized spacial score (nSPS) is 16.1. The lowest BCUT2D eigenvalue weighted by molar-refractivity contribution is -0.140. The van der Waals surface area contributed by atoms with Crippen molar-refractivity contribution in [1.82, 2.24) is 26.6 Å². The minimum absolute atomic E-state index is 0.0152. The zero-order valence-corrected chi connectivity index (χ0v) is 30.8. The second-order valence-electron chi connectivity index (χ2n) is 14.8. The maximum atomic E-state index is 13.5. The quantitative estimate of drug-likeness (QED) is 0.0825. The Hall–Kier alpha value is -3.26. The summed E-state index contributed by atoms with van der Waals surface area (Å²) in [5, 5.41) is 43.9. The molecule has 0 radical (unpaired) electrons. The SMILES string of the molecule is CC(C)CC(=O)N[C@H](C(=O)N[C@@H](C(=O)N[C@@H](CC(C)C)[C@@H](O)CC(=O)N[C@@H](C)C(=O)N[C@H](CC(C)C)[C@@H](O)CC(=O)O)C(C)C)C(C)C. The van der Waals surface area contributed by atoms with E-state index in [0.29, 0.717) is 12.8 Å². The van der Waals surface area contributed by atoms with E-state index < -0.39 is 84.9 Å². The predicted molar refractivity (Wildman–Crippen MR) is 182 cm³/mol. The van der Waals surface area contributed by atoms with Crippen LogP contribution < -0.4 is 26.6 Å². The summed E-state index contributed by atoms with van der Waals surface area (Å²) in [6.07, 6.45) is -2.76. The van der Waals surface area contributed by atoms with Crippen molar-refractivity contribution in [1.29, 1.82) is 0 Å². The van der Waals surface area contributed by atoms with Crippen molar-refractivity contribution in [3.05, 3.63) is 0 Å². The van der Waals surface area contributed by atoms with Gasteiger partial charge in [-0.15, -0.1) is 0 Å². The molecule has 0 rings (SSSR count). The van der Waals surface area contributed by atoms with Crippen LogP contribution in [0, 0.1) is 29.6 Å². The number of carboxylic acid groups (broad SMARTS) is 1. The van der Waals surface area contributed by atoms with Crippen LogP contribution in [0.3, 0.4) is 0 Å². The Kier molecular flexibility index (Phi) is 20.2. The molecule has 0 aromatic carbocycles. The second-order valence-corrected chi connectivity index (χ2v) is 14.8. The molecule has 0 bridgehead atoms. The fourth-order valence-electron chi connectivity index (χ4n) is 5.16. The number of hydrogen-bond donors (Lipinski definition) is 8. The standard InChI is InChI=1S/C34H63N5O9/c1-17(2)12-23(37-33(47)31(21(9)10)39-34(48)30(20(7)8)38-27(42)14-19(5)6)25(40)15-28(43)35-22(11)32(46)36-24(13-18(3)4)26(41)16-29(44)45/h17-26,30-31,40-41H,12-16H2,1-11H3,(H,35,43)(H,36,46)(H,37,47)(H,38,42)(H,39,48)(H,44,45)/t22-,23-,24+,25-,26-,30-,31+/m0/s1. The topological polar surface area (TPSA) is 223 Å². The van der Waals surface area contributed by atoms with Gasteiger partial charge in [0.2, 0.25) is 29.5 Å². The van der Waals surface area contributed by atoms with E-state index >= 15 is 0 Å². The molecule has 48 heavy (non-hydrogen) atoms. The van der Waals surface area contributed by atoms with Gasteiger partial charge in [-0.05, 0) is 49.4 Å². The summed E-state index contributed by atoms with van der Waals surface area (Å²) in [6, 6.07) is -4.61. The molecule has 5 amide bonds. The van der Waals surface area contributed by atoms with Crippen LogP contribution in [0.2, 0.25) is 0 Å². The lowest BCUT2D eigenvalue weighted by Crippen LogP contribution is -2.59. The molecular formula is C34H63N5O9. The van der Waals surface area contributed by atoms with Gasteiger partial charge >= 0.3 is 5.97 Å².